The van der Waals surface area contributed by atoms with Gasteiger partial charge in [-0.05, 0) is 31.2 Å². The first-order valence-electron chi connectivity index (χ1n) is 10.4. The van der Waals surface area contributed by atoms with Gasteiger partial charge in [0, 0.05) is 40.1 Å². The Morgan fingerprint density at radius 3 is 2.42 bits per heavy atom. The monoisotopic (exact) mass is 440 g/mol. The minimum atomic E-state index is -0.583. The van der Waals surface area contributed by atoms with Crippen molar-refractivity contribution in [2.45, 2.75) is 39.5 Å². The van der Waals surface area contributed by atoms with Gasteiger partial charge in [-0.2, -0.15) is 0 Å². The molecule has 0 aliphatic heterocycles. The molecule has 3 aromatic rings. The van der Waals surface area contributed by atoms with E-state index in [1.165, 1.54) is 0 Å². The fourth-order valence-corrected chi connectivity index (χ4v) is 3.11. The lowest BCUT2D eigenvalue weighted by molar-refractivity contribution is 0.0279. The first kappa shape index (κ1) is 23.2. The van der Waals surface area contributed by atoms with Crippen LogP contribution >= 0.6 is 11.6 Å². The average molecular weight is 441 g/mol. The number of hydrogen-bond donors (Lipinski definition) is 3. The van der Waals surface area contributed by atoms with Crippen LogP contribution in [0.1, 0.15) is 25.1 Å². The lowest BCUT2D eigenvalue weighted by Gasteiger charge is -2.17. The second-order valence-corrected chi connectivity index (χ2v) is 8.13. The van der Waals surface area contributed by atoms with Crippen LogP contribution in [0, 0.1) is 6.92 Å². The van der Waals surface area contributed by atoms with Crippen molar-refractivity contribution in [2.75, 3.05) is 18.5 Å². The van der Waals surface area contributed by atoms with Crippen molar-refractivity contribution in [2.24, 2.45) is 0 Å². The number of aryl methyl sites for hydroxylation is 1. The highest BCUT2D eigenvalue weighted by Gasteiger charge is 2.15. The smallest absolute Gasteiger partial charge is 0.161 e. The van der Waals surface area contributed by atoms with E-state index in [-0.39, 0.29) is 13.2 Å². The molecule has 0 radical (unpaired) electrons. The summed E-state index contributed by atoms with van der Waals surface area (Å²) in [4.78, 5) is 9.46. The van der Waals surface area contributed by atoms with Gasteiger partial charge in [-0.1, -0.05) is 55.8 Å². The van der Waals surface area contributed by atoms with E-state index < -0.39 is 6.10 Å². The van der Waals surface area contributed by atoms with Gasteiger partial charge in [0.25, 0.3) is 0 Å². The van der Waals surface area contributed by atoms with Crippen LogP contribution < -0.4 is 10.6 Å². The molecule has 3 rings (SSSR count). The third-order valence-electron chi connectivity index (χ3n) is 4.67. The Morgan fingerprint density at radius 2 is 1.74 bits per heavy atom. The van der Waals surface area contributed by atoms with Gasteiger partial charge in [0.1, 0.15) is 5.82 Å². The normalized spacial score (nSPS) is 12.2. The summed E-state index contributed by atoms with van der Waals surface area (Å²) in [5.41, 5.74) is 3.47. The summed E-state index contributed by atoms with van der Waals surface area (Å²) in [6.07, 6.45) is -0.583. The Morgan fingerprint density at radius 1 is 1.03 bits per heavy atom. The molecule has 0 saturated heterocycles. The van der Waals surface area contributed by atoms with Gasteiger partial charge in [0.2, 0.25) is 0 Å². The Balaban J connectivity index is 1.81. The third-order valence-corrected chi connectivity index (χ3v) is 4.92. The summed E-state index contributed by atoms with van der Waals surface area (Å²) in [5, 5.41) is 17.4. The highest BCUT2D eigenvalue weighted by atomic mass is 35.5. The molecule has 1 atom stereocenters. The molecule has 31 heavy (non-hydrogen) atoms. The summed E-state index contributed by atoms with van der Waals surface area (Å²) in [6.45, 7) is 7.01. The minimum Gasteiger partial charge on any atom is -0.389 e. The van der Waals surface area contributed by atoms with Crippen molar-refractivity contribution < 1.29 is 9.84 Å². The Kier molecular flexibility index (Phi) is 8.37. The average Bonchev–Trinajstić information content (AvgIpc) is 2.76. The molecule has 164 valence electrons. The predicted molar refractivity (Wildman–Crippen MR) is 126 cm³/mol. The molecule has 1 heterocycles. The molecule has 0 saturated carbocycles. The maximum absolute atomic E-state index is 10.1. The van der Waals surface area contributed by atoms with E-state index in [1.807, 2.05) is 75.4 Å². The van der Waals surface area contributed by atoms with Crippen LogP contribution in [0.5, 0.6) is 0 Å². The van der Waals surface area contributed by atoms with Gasteiger partial charge in [-0.25, -0.2) is 9.97 Å². The molecule has 0 bridgehead atoms. The zero-order valence-corrected chi connectivity index (χ0v) is 18.9. The number of anilines is 2. The van der Waals surface area contributed by atoms with Gasteiger partial charge in [0.05, 0.1) is 19.3 Å². The molecule has 1 unspecified atom stereocenters. The largest absolute Gasteiger partial charge is 0.389 e. The first-order chi connectivity index (χ1) is 14.9. The van der Waals surface area contributed by atoms with Crippen molar-refractivity contribution in [3.8, 4) is 11.4 Å². The molecule has 6 nitrogen and oxygen atoms in total. The summed E-state index contributed by atoms with van der Waals surface area (Å²) in [5.74, 6) is 1.31. The fraction of sp³-hybridized carbons (Fsp3) is 0.333. The van der Waals surface area contributed by atoms with E-state index in [4.69, 9.17) is 21.3 Å². The zero-order valence-electron chi connectivity index (χ0n) is 18.1. The Labute approximate surface area is 188 Å². The molecular weight excluding hydrogens is 412 g/mol. The number of benzene rings is 2. The van der Waals surface area contributed by atoms with E-state index in [0.29, 0.717) is 29.3 Å². The molecular formula is C24H29ClN4O2. The van der Waals surface area contributed by atoms with Crippen molar-refractivity contribution in [1.82, 2.24) is 15.3 Å². The number of aromatic nitrogens is 2. The van der Waals surface area contributed by atoms with Crippen molar-refractivity contribution in [3.63, 3.8) is 0 Å². The summed E-state index contributed by atoms with van der Waals surface area (Å²) in [6, 6.07) is 17.6. The van der Waals surface area contributed by atoms with Gasteiger partial charge in [-0.3, -0.25) is 0 Å². The lowest BCUT2D eigenvalue weighted by atomic mass is 10.1. The maximum atomic E-state index is 10.1. The number of halogens is 1. The van der Waals surface area contributed by atoms with Gasteiger partial charge < -0.3 is 20.5 Å². The SMILES string of the molecule is Cc1nc(-c2ccccc2)nc(Nc2ccc(Cl)cc2)c1COCC(O)CNC(C)C. The second kappa shape index (κ2) is 11.2. The molecule has 1 aromatic heterocycles. The maximum Gasteiger partial charge on any atom is 0.161 e. The van der Waals surface area contributed by atoms with Gasteiger partial charge in [-0.15, -0.1) is 0 Å². The molecule has 0 aliphatic rings. The van der Waals surface area contributed by atoms with E-state index in [2.05, 4.69) is 15.6 Å². The molecule has 0 aliphatic carbocycles. The number of hydrogen-bond acceptors (Lipinski definition) is 6. The molecule has 7 heteroatoms. The van der Waals surface area contributed by atoms with E-state index in [9.17, 15) is 5.11 Å². The predicted octanol–water partition coefficient (Wildman–Crippen LogP) is 4.72. The van der Waals surface area contributed by atoms with Gasteiger partial charge in [0.15, 0.2) is 5.82 Å². The van der Waals surface area contributed by atoms with Crippen LogP contribution in [0.2, 0.25) is 5.02 Å². The number of aliphatic hydroxyl groups is 1. The number of aliphatic hydroxyl groups excluding tert-OH is 1. The van der Waals surface area contributed by atoms with E-state index in [0.717, 1.165) is 22.5 Å². The van der Waals surface area contributed by atoms with Crippen molar-refractivity contribution in [3.05, 3.63) is 70.9 Å². The van der Waals surface area contributed by atoms with Crippen molar-refractivity contribution in [1.29, 1.82) is 0 Å². The molecule has 0 amide bonds. The van der Waals surface area contributed by atoms with Crippen LogP contribution in [-0.4, -0.2) is 40.4 Å². The minimum absolute atomic E-state index is 0.222. The molecule has 2 aromatic carbocycles. The summed E-state index contributed by atoms with van der Waals surface area (Å²) < 4.78 is 5.81. The highest BCUT2D eigenvalue weighted by Crippen LogP contribution is 2.26. The number of nitrogens with one attached hydrogen (secondary N) is 2. The number of ether oxygens (including phenoxy) is 1. The second-order valence-electron chi connectivity index (χ2n) is 7.69. The third kappa shape index (κ3) is 7.01. The van der Waals surface area contributed by atoms with Crippen LogP contribution in [0.3, 0.4) is 0 Å². The van der Waals surface area contributed by atoms with Crippen LogP contribution in [0.4, 0.5) is 11.5 Å². The molecule has 0 spiro atoms. The quantitative estimate of drug-likeness (QED) is 0.423. The fourth-order valence-electron chi connectivity index (χ4n) is 2.99. The van der Waals surface area contributed by atoms with Crippen LogP contribution in [0.25, 0.3) is 11.4 Å². The Hall–Kier alpha value is -2.51. The Bertz CT molecular complexity index is 965. The van der Waals surface area contributed by atoms with Crippen molar-refractivity contribution >= 4 is 23.1 Å². The topological polar surface area (TPSA) is 79.3 Å². The van der Waals surface area contributed by atoms with E-state index in [1.54, 1.807) is 0 Å². The van der Waals surface area contributed by atoms with Crippen LogP contribution in [0.15, 0.2) is 54.6 Å². The van der Waals surface area contributed by atoms with Crippen LogP contribution in [-0.2, 0) is 11.3 Å². The standard InChI is InChI=1S/C24H29ClN4O2/c1-16(2)26-13-21(30)14-31-15-22-17(3)27-23(18-7-5-4-6-8-18)29-24(22)28-20-11-9-19(25)10-12-20/h4-12,16,21,26,30H,13-15H2,1-3H3,(H,27,28,29). The van der Waals surface area contributed by atoms with E-state index >= 15 is 0 Å². The molecule has 0 fully saturated rings. The summed E-state index contributed by atoms with van der Waals surface area (Å²) >= 11 is 6.02. The number of nitrogens with zero attached hydrogens (tertiary/aromatic N) is 2. The lowest BCUT2D eigenvalue weighted by Crippen LogP contribution is -2.34. The molecule has 3 N–H and O–H groups in total. The first-order valence-corrected chi connectivity index (χ1v) is 10.7. The number of rotatable bonds is 10. The zero-order chi connectivity index (χ0) is 22.2. The highest BCUT2D eigenvalue weighted by molar-refractivity contribution is 6.30. The van der Waals surface area contributed by atoms with Gasteiger partial charge >= 0.3 is 0 Å². The summed E-state index contributed by atoms with van der Waals surface area (Å²) in [7, 11) is 0.